The summed E-state index contributed by atoms with van der Waals surface area (Å²) in [4.78, 5) is 24.5. The highest BCUT2D eigenvalue weighted by atomic mass is 79.9. The lowest BCUT2D eigenvalue weighted by atomic mass is 10.2. The normalized spacial score (nSPS) is 10.6. The second kappa shape index (κ2) is 7.91. The highest BCUT2D eigenvalue weighted by Gasteiger charge is 2.03. The van der Waals surface area contributed by atoms with Gasteiger partial charge in [-0.1, -0.05) is 28.1 Å². The average molecular weight is 380 g/mol. The van der Waals surface area contributed by atoms with Crippen molar-refractivity contribution < 1.29 is 14.3 Å². The second-order valence-electron chi connectivity index (χ2n) is 4.34. The van der Waals surface area contributed by atoms with Crippen LogP contribution in [0, 0.1) is 0 Å². The number of methoxy groups -OCH3 is 1. The summed E-state index contributed by atoms with van der Waals surface area (Å²) < 4.78 is 5.48. The largest absolute Gasteiger partial charge is 0.468 e. The first-order valence-electron chi connectivity index (χ1n) is 6.47. The molecule has 0 radical (unpaired) electrons. The SMILES string of the molecule is COC(=O)CNC(=O)/C=C/c1ccc(-c2ccc(Br)cc2)s1. The Balaban J connectivity index is 1.97. The van der Waals surface area contributed by atoms with Gasteiger partial charge in [0, 0.05) is 20.3 Å². The van der Waals surface area contributed by atoms with Crippen molar-refractivity contribution >= 4 is 45.2 Å². The van der Waals surface area contributed by atoms with Crippen molar-refractivity contribution in [2.45, 2.75) is 0 Å². The van der Waals surface area contributed by atoms with Gasteiger partial charge in [0.05, 0.1) is 7.11 Å². The highest BCUT2D eigenvalue weighted by Crippen LogP contribution is 2.29. The summed E-state index contributed by atoms with van der Waals surface area (Å²) in [5.74, 6) is -0.806. The number of benzene rings is 1. The van der Waals surface area contributed by atoms with Crippen molar-refractivity contribution in [1.29, 1.82) is 0 Å². The Kier molecular flexibility index (Phi) is 5.91. The van der Waals surface area contributed by atoms with Gasteiger partial charge in [0.1, 0.15) is 6.54 Å². The number of hydrogen-bond acceptors (Lipinski definition) is 4. The summed E-state index contributed by atoms with van der Waals surface area (Å²) >= 11 is 5.00. The summed E-state index contributed by atoms with van der Waals surface area (Å²) in [6.45, 7) is -0.131. The van der Waals surface area contributed by atoms with Crippen molar-refractivity contribution in [3.05, 3.63) is 51.8 Å². The lowest BCUT2D eigenvalue weighted by Crippen LogP contribution is -2.28. The van der Waals surface area contributed by atoms with Crippen molar-refractivity contribution in [1.82, 2.24) is 5.32 Å². The molecule has 0 unspecified atom stereocenters. The molecule has 1 aromatic heterocycles. The first-order valence-corrected chi connectivity index (χ1v) is 8.08. The first kappa shape index (κ1) is 16.5. The maximum Gasteiger partial charge on any atom is 0.325 e. The molecular formula is C16H14BrNO3S. The molecule has 0 atom stereocenters. The van der Waals surface area contributed by atoms with Gasteiger partial charge in [0.2, 0.25) is 5.91 Å². The molecule has 1 aromatic carbocycles. The predicted molar refractivity (Wildman–Crippen MR) is 91.5 cm³/mol. The number of esters is 1. The minimum absolute atomic E-state index is 0.131. The lowest BCUT2D eigenvalue weighted by Gasteiger charge is -1.99. The number of carbonyl (C=O) groups excluding carboxylic acids is 2. The Labute approximate surface area is 140 Å². The molecule has 0 aliphatic carbocycles. The van der Waals surface area contributed by atoms with Gasteiger partial charge in [0.15, 0.2) is 0 Å². The van der Waals surface area contributed by atoms with Gasteiger partial charge in [-0.05, 0) is 35.9 Å². The second-order valence-corrected chi connectivity index (χ2v) is 6.37. The van der Waals surface area contributed by atoms with Crippen LogP contribution in [0.3, 0.4) is 0 Å². The quantitative estimate of drug-likeness (QED) is 0.638. The van der Waals surface area contributed by atoms with Crippen LogP contribution in [0.1, 0.15) is 4.88 Å². The first-order chi connectivity index (χ1) is 10.6. The molecule has 114 valence electrons. The number of nitrogens with one attached hydrogen (secondary N) is 1. The molecule has 0 spiro atoms. The van der Waals surface area contributed by atoms with E-state index in [4.69, 9.17) is 0 Å². The van der Waals surface area contributed by atoms with E-state index >= 15 is 0 Å². The predicted octanol–water partition coefficient (Wildman–Crippen LogP) is 3.48. The molecule has 4 nitrogen and oxygen atoms in total. The van der Waals surface area contributed by atoms with E-state index in [0.29, 0.717) is 0 Å². The van der Waals surface area contributed by atoms with E-state index in [2.05, 4.69) is 26.0 Å². The van der Waals surface area contributed by atoms with E-state index in [1.54, 1.807) is 17.4 Å². The number of amides is 1. The minimum Gasteiger partial charge on any atom is -0.468 e. The third-order valence-corrected chi connectivity index (χ3v) is 4.42. The average Bonchev–Trinajstić information content (AvgIpc) is 3.00. The van der Waals surface area contributed by atoms with Gasteiger partial charge >= 0.3 is 5.97 Å². The summed E-state index contributed by atoms with van der Waals surface area (Å²) in [5, 5.41) is 2.45. The van der Waals surface area contributed by atoms with Gasteiger partial charge in [-0.3, -0.25) is 9.59 Å². The van der Waals surface area contributed by atoms with Gasteiger partial charge in [-0.15, -0.1) is 11.3 Å². The molecule has 1 N–H and O–H groups in total. The zero-order valence-electron chi connectivity index (χ0n) is 11.8. The number of hydrogen-bond donors (Lipinski definition) is 1. The van der Waals surface area contributed by atoms with Crippen LogP contribution in [0.4, 0.5) is 0 Å². The molecule has 0 saturated heterocycles. The van der Waals surface area contributed by atoms with Gasteiger partial charge in [0.25, 0.3) is 0 Å². The van der Waals surface area contributed by atoms with E-state index < -0.39 is 5.97 Å². The smallest absolute Gasteiger partial charge is 0.325 e. The number of carbonyl (C=O) groups is 2. The third-order valence-electron chi connectivity index (χ3n) is 2.79. The van der Waals surface area contributed by atoms with Crippen LogP contribution in [-0.4, -0.2) is 25.5 Å². The lowest BCUT2D eigenvalue weighted by molar-refractivity contribution is -0.140. The van der Waals surface area contributed by atoms with Crippen molar-refractivity contribution in [2.75, 3.05) is 13.7 Å². The van der Waals surface area contributed by atoms with Crippen LogP contribution in [0.5, 0.6) is 0 Å². The van der Waals surface area contributed by atoms with E-state index in [1.165, 1.54) is 13.2 Å². The summed E-state index contributed by atoms with van der Waals surface area (Å²) in [5.41, 5.74) is 1.13. The standard InChI is InChI=1S/C16H14BrNO3S/c1-21-16(20)10-18-15(19)9-7-13-6-8-14(22-13)11-2-4-12(17)5-3-11/h2-9H,10H2,1H3,(H,18,19)/b9-7+. The van der Waals surface area contributed by atoms with E-state index in [1.807, 2.05) is 36.4 Å². The van der Waals surface area contributed by atoms with Gasteiger partial charge in [-0.2, -0.15) is 0 Å². The number of rotatable bonds is 5. The summed E-state index contributed by atoms with van der Waals surface area (Å²) in [6, 6.07) is 12.0. The summed E-state index contributed by atoms with van der Waals surface area (Å²) in [7, 11) is 1.28. The molecule has 2 rings (SSSR count). The zero-order valence-corrected chi connectivity index (χ0v) is 14.2. The monoisotopic (exact) mass is 379 g/mol. The topological polar surface area (TPSA) is 55.4 Å². The fourth-order valence-corrected chi connectivity index (χ4v) is 2.84. The summed E-state index contributed by atoms with van der Waals surface area (Å²) in [6.07, 6.45) is 3.12. The zero-order chi connectivity index (χ0) is 15.9. The molecule has 1 amide bonds. The van der Waals surface area contributed by atoms with Crippen LogP contribution >= 0.6 is 27.3 Å². The molecule has 1 heterocycles. The van der Waals surface area contributed by atoms with Crippen molar-refractivity contribution in [3.8, 4) is 10.4 Å². The number of halogens is 1. The van der Waals surface area contributed by atoms with Gasteiger partial charge < -0.3 is 10.1 Å². The van der Waals surface area contributed by atoms with Crippen molar-refractivity contribution in [3.63, 3.8) is 0 Å². The van der Waals surface area contributed by atoms with Gasteiger partial charge in [-0.25, -0.2) is 0 Å². The Morgan fingerprint density at radius 2 is 1.95 bits per heavy atom. The fraction of sp³-hybridized carbons (Fsp3) is 0.125. The Hall–Kier alpha value is -1.92. The fourth-order valence-electron chi connectivity index (χ4n) is 1.66. The molecule has 0 aliphatic rings. The van der Waals surface area contributed by atoms with E-state index in [-0.39, 0.29) is 12.5 Å². The molecule has 0 aliphatic heterocycles. The number of ether oxygens (including phenoxy) is 1. The Morgan fingerprint density at radius 1 is 1.23 bits per heavy atom. The molecule has 2 aromatic rings. The van der Waals surface area contributed by atoms with Crippen LogP contribution < -0.4 is 5.32 Å². The highest BCUT2D eigenvalue weighted by molar-refractivity contribution is 9.10. The van der Waals surface area contributed by atoms with Crippen LogP contribution in [0.2, 0.25) is 0 Å². The molecular weight excluding hydrogens is 366 g/mol. The number of thiophene rings is 1. The minimum atomic E-state index is -0.476. The van der Waals surface area contributed by atoms with E-state index in [0.717, 1.165) is 19.8 Å². The molecule has 6 heteroatoms. The van der Waals surface area contributed by atoms with E-state index in [9.17, 15) is 9.59 Å². The van der Waals surface area contributed by atoms with Crippen LogP contribution in [-0.2, 0) is 14.3 Å². The Morgan fingerprint density at radius 3 is 2.64 bits per heavy atom. The van der Waals surface area contributed by atoms with Crippen LogP contribution in [0.25, 0.3) is 16.5 Å². The van der Waals surface area contributed by atoms with Crippen LogP contribution in [0.15, 0.2) is 46.9 Å². The maximum atomic E-state index is 11.5. The molecule has 0 bridgehead atoms. The Bertz CT molecular complexity index is 692. The maximum absolute atomic E-state index is 11.5. The third kappa shape index (κ3) is 4.82. The van der Waals surface area contributed by atoms with Crippen molar-refractivity contribution in [2.24, 2.45) is 0 Å². The molecule has 22 heavy (non-hydrogen) atoms. The molecule has 0 fully saturated rings. The molecule has 0 saturated carbocycles.